The molecule has 122 valence electrons. The molecule has 0 aliphatic rings. The fourth-order valence-electron chi connectivity index (χ4n) is 2.17. The van der Waals surface area contributed by atoms with Crippen LogP contribution in [-0.4, -0.2) is 31.2 Å². The number of hydrogen-bond acceptors (Lipinski definition) is 4. The van der Waals surface area contributed by atoms with Crippen molar-refractivity contribution in [2.75, 3.05) is 25.6 Å². The van der Waals surface area contributed by atoms with Gasteiger partial charge in [0.1, 0.15) is 5.82 Å². The number of hydrogen-bond donors (Lipinski definition) is 2. The quantitative estimate of drug-likeness (QED) is 0.736. The van der Waals surface area contributed by atoms with Gasteiger partial charge in [-0.1, -0.05) is 29.8 Å². The van der Waals surface area contributed by atoms with E-state index in [4.69, 9.17) is 4.74 Å². The van der Waals surface area contributed by atoms with Crippen molar-refractivity contribution >= 4 is 11.7 Å². The van der Waals surface area contributed by atoms with Gasteiger partial charge in [0, 0.05) is 33.0 Å². The summed E-state index contributed by atoms with van der Waals surface area (Å²) < 4.78 is 4.99. The molecule has 2 aromatic rings. The monoisotopic (exact) mass is 313 g/mol. The Labute approximate surface area is 137 Å². The second-order valence-electron chi connectivity index (χ2n) is 5.38. The summed E-state index contributed by atoms with van der Waals surface area (Å²) in [5.74, 6) is 0.640. The van der Waals surface area contributed by atoms with E-state index in [-0.39, 0.29) is 5.91 Å². The van der Waals surface area contributed by atoms with Gasteiger partial charge in [-0.05, 0) is 31.0 Å². The lowest BCUT2D eigenvalue weighted by molar-refractivity contribution is 0.0950. The summed E-state index contributed by atoms with van der Waals surface area (Å²) in [6, 6.07) is 11.7. The molecule has 5 heteroatoms. The number of nitrogens with zero attached hydrogens (tertiary/aromatic N) is 1. The molecule has 0 fully saturated rings. The first kappa shape index (κ1) is 17.0. The zero-order valence-corrected chi connectivity index (χ0v) is 13.6. The second-order valence-corrected chi connectivity index (χ2v) is 5.38. The lowest BCUT2D eigenvalue weighted by Crippen LogP contribution is -2.23. The molecule has 0 saturated heterocycles. The molecule has 1 amide bonds. The van der Waals surface area contributed by atoms with E-state index in [1.54, 1.807) is 19.4 Å². The van der Waals surface area contributed by atoms with Crippen molar-refractivity contribution in [2.45, 2.75) is 19.9 Å². The van der Waals surface area contributed by atoms with E-state index < -0.39 is 0 Å². The van der Waals surface area contributed by atoms with Crippen molar-refractivity contribution in [1.29, 1.82) is 0 Å². The third-order valence-corrected chi connectivity index (χ3v) is 3.39. The van der Waals surface area contributed by atoms with Gasteiger partial charge in [-0.25, -0.2) is 4.98 Å². The third kappa shape index (κ3) is 5.71. The minimum Gasteiger partial charge on any atom is -0.385 e. The maximum atomic E-state index is 12.1. The summed E-state index contributed by atoms with van der Waals surface area (Å²) in [6.07, 6.45) is 2.50. The smallest absolute Gasteiger partial charge is 0.253 e. The molecule has 0 unspecified atom stereocenters. The Kier molecular flexibility index (Phi) is 6.56. The molecular weight excluding hydrogens is 290 g/mol. The van der Waals surface area contributed by atoms with Crippen LogP contribution < -0.4 is 10.6 Å². The van der Waals surface area contributed by atoms with E-state index >= 15 is 0 Å². The minimum atomic E-state index is -0.120. The van der Waals surface area contributed by atoms with Gasteiger partial charge in [0.2, 0.25) is 0 Å². The second kappa shape index (κ2) is 8.90. The number of anilines is 1. The highest BCUT2D eigenvalue weighted by molar-refractivity contribution is 5.94. The molecule has 1 aromatic carbocycles. The lowest BCUT2D eigenvalue weighted by atomic mass is 10.1. The van der Waals surface area contributed by atoms with Gasteiger partial charge in [0.05, 0.1) is 5.56 Å². The fraction of sp³-hybridized carbons (Fsp3) is 0.333. The Hall–Kier alpha value is -2.40. The zero-order chi connectivity index (χ0) is 16.5. The predicted octanol–water partition coefficient (Wildman–Crippen LogP) is 2.77. The molecule has 1 aromatic heterocycles. The van der Waals surface area contributed by atoms with E-state index in [0.29, 0.717) is 18.7 Å². The van der Waals surface area contributed by atoms with E-state index in [1.807, 2.05) is 31.2 Å². The molecule has 1 heterocycles. The highest BCUT2D eigenvalue weighted by Gasteiger charge is 2.06. The van der Waals surface area contributed by atoms with Gasteiger partial charge < -0.3 is 15.4 Å². The molecule has 0 aliphatic carbocycles. The number of aromatic nitrogens is 1. The van der Waals surface area contributed by atoms with Crippen LogP contribution in [0, 0.1) is 6.92 Å². The van der Waals surface area contributed by atoms with E-state index in [9.17, 15) is 4.79 Å². The Morgan fingerprint density at radius 1 is 1.26 bits per heavy atom. The summed E-state index contributed by atoms with van der Waals surface area (Å²) >= 11 is 0. The highest BCUT2D eigenvalue weighted by atomic mass is 16.5. The molecule has 0 aliphatic heterocycles. The van der Waals surface area contributed by atoms with Gasteiger partial charge in [0.25, 0.3) is 5.91 Å². The van der Waals surface area contributed by atoms with Crippen LogP contribution in [-0.2, 0) is 11.3 Å². The molecule has 0 saturated carbocycles. The SMILES string of the molecule is COCCCNc1ccc(C(=O)NCc2cccc(C)c2)cn1. The van der Waals surface area contributed by atoms with Crippen molar-refractivity contribution < 1.29 is 9.53 Å². The Morgan fingerprint density at radius 3 is 2.83 bits per heavy atom. The van der Waals surface area contributed by atoms with Gasteiger partial charge in [-0.15, -0.1) is 0 Å². The zero-order valence-electron chi connectivity index (χ0n) is 13.6. The number of carbonyl (C=O) groups excluding carboxylic acids is 1. The van der Waals surface area contributed by atoms with Gasteiger partial charge >= 0.3 is 0 Å². The van der Waals surface area contributed by atoms with Crippen LogP contribution in [0.1, 0.15) is 27.9 Å². The van der Waals surface area contributed by atoms with Crippen LogP contribution in [0.4, 0.5) is 5.82 Å². The highest BCUT2D eigenvalue weighted by Crippen LogP contribution is 2.07. The molecule has 2 rings (SSSR count). The van der Waals surface area contributed by atoms with E-state index in [1.165, 1.54) is 5.56 Å². The number of aryl methyl sites for hydroxylation is 1. The average Bonchev–Trinajstić information content (AvgIpc) is 2.57. The first-order valence-corrected chi connectivity index (χ1v) is 7.71. The van der Waals surface area contributed by atoms with Crippen molar-refractivity contribution in [3.63, 3.8) is 0 Å². The van der Waals surface area contributed by atoms with Crippen LogP contribution in [0.15, 0.2) is 42.6 Å². The van der Waals surface area contributed by atoms with Crippen LogP contribution in [0.25, 0.3) is 0 Å². The Bertz CT molecular complexity index is 626. The number of nitrogens with one attached hydrogen (secondary N) is 2. The van der Waals surface area contributed by atoms with Crippen LogP contribution in [0.5, 0.6) is 0 Å². The molecule has 2 N–H and O–H groups in total. The first-order chi connectivity index (χ1) is 11.2. The topological polar surface area (TPSA) is 63.2 Å². The number of methoxy groups -OCH3 is 1. The lowest BCUT2D eigenvalue weighted by Gasteiger charge is -2.08. The minimum absolute atomic E-state index is 0.120. The van der Waals surface area contributed by atoms with Crippen molar-refractivity contribution in [2.24, 2.45) is 0 Å². The van der Waals surface area contributed by atoms with Crippen molar-refractivity contribution in [1.82, 2.24) is 10.3 Å². The van der Waals surface area contributed by atoms with Crippen LogP contribution >= 0.6 is 0 Å². The normalized spacial score (nSPS) is 10.3. The Balaban J connectivity index is 1.82. The maximum absolute atomic E-state index is 12.1. The number of ether oxygens (including phenoxy) is 1. The Morgan fingerprint density at radius 2 is 2.13 bits per heavy atom. The van der Waals surface area contributed by atoms with Gasteiger partial charge in [0.15, 0.2) is 0 Å². The number of pyridine rings is 1. The first-order valence-electron chi connectivity index (χ1n) is 7.71. The number of rotatable bonds is 8. The number of amides is 1. The van der Waals surface area contributed by atoms with Crippen molar-refractivity contribution in [3.05, 3.63) is 59.3 Å². The third-order valence-electron chi connectivity index (χ3n) is 3.39. The van der Waals surface area contributed by atoms with Crippen LogP contribution in [0.3, 0.4) is 0 Å². The molecule has 0 spiro atoms. The van der Waals surface area contributed by atoms with E-state index in [2.05, 4.69) is 21.7 Å². The summed E-state index contributed by atoms with van der Waals surface area (Å²) in [6.45, 7) is 4.05. The predicted molar refractivity (Wildman–Crippen MR) is 91.6 cm³/mol. The molecule has 0 atom stereocenters. The molecule has 0 bridgehead atoms. The summed E-state index contributed by atoms with van der Waals surface area (Å²) in [5.41, 5.74) is 2.82. The average molecular weight is 313 g/mol. The largest absolute Gasteiger partial charge is 0.385 e. The molecular formula is C18H23N3O2. The fourth-order valence-corrected chi connectivity index (χ4v) is 2.17. The van der Waals surface area contributed by atoms with E-state index in [0.717, 1.165) is 24.3 Å². The van der Waals surface area contributed by atoms with Crippen LogP contribution in [0.2, 0.25) is 0 Å². The number of carbonyl (C=O) groups is 1. The summed E-state index contributed by atoms with van der Waals surface area (Å²) in [5, 5.41) is 6.09. The molecule has 0 radical (unpaired) electrons. The van der Waals surface area contributed by atoms with Crippen molar-refractivity contribution in [3.8, 4) is 0 Å². The molecule has 5 nitrogen and oxygen atoms in total. The maximum Gasteiger partial charge on any atom is 0.253 e. The number of benzene rings is 1. The van der Waals surface area contributed by atoms with Gasteiger partial charge in [-0.3, -0.25) is 4.79 Å². The molecule has 23 heavy (non-hydrogen) atoms. The standard InChI is InChI=1S/C18H23N3O2/c1-14-5-3-6-15(11-14)12-21-18(22)16-7-8-17(20-13-16)19-9-4-10-23-2/h3,5-8,11,13H,4,9-10,12H2,1-2H3,(H,19,20)(H,21,22). The van der Waals surface area contributed by atoms with Gasteiger partial charge in [-0.2, -0.15) is 0 Å². The summed E-state index contributed by atoms with van der Waals surface area (Å²) in [4.78, 5) is 16.4. The summed E-state index contributed by atoms with van der Waals surface area (Å²) in [7, 11) is 1.68.